The molecule has 0 aliphatic carbocycles. The smallest absolute Gasteiger partial charge is 0.233 e. The summed E-state index contributed by atoms with van der Waals surface area (Å²) < 4.78 is 14.8. The number of hydrogen-bond acceptors (Lipinski definition) is 5. The lowest BCUT2D eigenvalue weighted by Crippen LogP contribution is -2.40. The van der Waals surface area contributed by atoms with E-state index in [2.05, 4.69) is 22.4 Å². The van der Waals surface area contributed by atoms with Gasteiger partial charge in [0.1, 0.15) is 5.82 Å². The summed E-state index contributed by atoms with van der Waals surface area (Å²) in [6.45, 7) is 3.80. The van der Waals surface area contributed by atoms with Crippen LogP contribution in [0.3, 0.4) is 0 Å². The second kappa shape index (κ2) is 7.08. The third-order valence-electron chi connectivity index (χ3n) is 3.83. The Hall–Kier alpha value is -1.96. The van der Waals surface area contributed by atoms with Gasteiger partial charge in [-0.2, -0.15) is 4.68 Å². The van der Waals surface area contributed by atoms with Crippen molar-refractivity contribution in [2.75, 3.05) is 18.8 Å². The van der Waals surface area contributed by atoms with Gasteiger partial charge in [0.25, 0.3) is 0 Å². The molecular formula is C15H18FN5OS. The van der Waals surface area contributed by atoms with E-state index >= 15 is 0 Å². The van der Waals surface area contributed by atoms with Crippen LogP contribution in [0.5, 0.6) is 0 Å². The van der Waals surface area contributed by atoms with Crippen LogP contribution in [-0.4, -0.2) is 49.9 Å². The molecule has 8 heteroatoms. The van der Waals surface area contributed by atoms with Gasteiger partial charge in [-0.1, -0.05) is 24.8 Å². The first-order valence-electron chi connectivity index (χ1n) is 7.58. The summed E-state index contributed by atoms with van der Waals surface area (Å²) in [5, 5.41) is 11.9. The zero-order valence-electron chi connectivity index (χ0n) is 12.9. The zero-order valence-corrected chi connectivity index (χ0v) is 13.7. The van der Waals surface area contributed by atoms with Crippen LogP contribution in [0.4, 0.5) is 4.39 Å². The fraction of sp³-hybridized carbons (Fsp3) is 0.467. The minimum Gasteiger partial charge on any atom is -0.342 e. The second-order valence-corrected chi connectivity index (χ2v) is 6.67. The molecule has 1 unspecified atom stereocenters. The average Bonchev–Trinajstić information content (AvgIpc) is 3.01. The SMILES string of the molecule is CC1CCCN(C(=O)CSc2nnnn2-c2cccc(F)c2)C1. The van der Waals surface area contributed by atoms with Gasteiger partial charge in [0.15, 0.2) is 0 Å². The van der Waals surface area contributed by atoms with E-state index in [1.54, 1.807) is 12.1 Å². The summed E-state index contributed by atoms with van der Waals surface area (Å²) in [5.41, 5.74) is 0.538. The number of benzene rings is 1. The third-order valence-corrected chi connectivity index (χ3v) is 4.73. The van der Waals surface area contributed by atoms with E-state index in [9.17, 15) is 9.18 Å². The largest absolute Gasteiger partial charge is 0.342 e. The van der Waals surface area contributed by atoms with Gasteiger partial charge in [0.05, 0.1) is 11.4 Å². The first-order chi connectivity index (χ1) is 11.1. The lowest BCUT2D eigenvalue weighted by atomic mass is 10.0. The van der Waals surface area contributed by atoms with Crippen molar-refractivity contribution in [3.8, 4) is 5.69 Å². The van der Waals surface area contributed by atoms with Crippen molar-refractivity contribution in [3.05, 3.63) is 30.1 Å². The van der Waals surface area contributed by atoms with Gasteiger partial charge in [0.2, 0.25) is 11.1 Å². The summed E-state index contributed by atoms with van der Waals surface area (Å²) in [7, 11) is 0. The Bertz CT molecular complexity index is 692. The number of halogens is 1. The van der Waals surface area contributed by atoms with E-state index in [0.29, 0.717) is 16.8 Å². The Labute approximate surface area is 138 Å². The van der Waals surface area contributed by atoms with Crippen molar-refractivity contribution in [2.45, 2.75) is 24.9 Å². The Morgan fingerprint density at radius 1 is 1.48 bits per heavy atom. The number of aromatic nitrogens is 4. The molecule has 6 nitrogen and oxygen atoms in total. The van der Waals surface area contributed by atoms with Crippen molar-refractivity contribution in [1.29, 1.82) is 0 Å². The highest BCUT2D eigenvalue weighted by Gasteiger charge is 2.21. The molecule has 1 fully saturated rings. The van der Waals surface area contributed by atoms with Gasteiger partial charge in [-0.3, -0.25) is 4.79 Å². The van der Waals surface area contributed by atoms with Gasteiger partial charge in [-0.25, -0.2) is 4.39 Å². The van der Waals surface area contributed by atoms with Gasteiger partial charge >= 0.3 is 0 Å². The van der Waals surface area contributed by atoms with Crippen LogP contribution in [0.1, 0.15) is 19.8 Å². The molecule has 2 aromatic rings. The number of carbonyl (C=O) groups is 1. The molecule has 23 heavy (non-hydrogen) atoms. The normalized spacial score (nSPS) is 18.2. The Kier molecular flexibility index (Phi) is 4.90. The minimum absolute atomic E-state index is 0.0929. The summed E-state index contributed by atoms with van der Waals surface area (Å²) in [5.74, 6) is 0.570. The fourth-order valence-corrected chi connectivity index (χ4v) is 3.47. The van der Waals surface area contributed by atoms with Gasteiger partial charge in [-0.05, 0) is 47.4 Å². The molecule has 1 amide bonds. The first kappa shape index (κ1) is 15.9. The topological polar surface area (TPSA) is 63.9 Å². The standard InChI is InChI=1S/C15H18FN5OS/c1-11-4-3-7-20(9-11)14(22)10-23-15-17-18-19-21(15)13-6-2-5-12(16)8-13/h2,5-6,8,11H,3-4,7,9-10H2,1H3. The van der Waals surface area contributed by atoms with Crippen molar-refractivity contribution in [1.82, 2.24) is 25.1 Å². The van der Waals surface area contributed by atoms with Crippen LogP contribution in [0.15, 0.2) is 29.4 Å². The number of carbonyl (C=O) groups excluding carboxylic acids is 1. The van der Waals surface area contributed by atoms with Crippen molar-refractivity contribution in [3.63, 3.8) is 0 Å². The number of thioether (sulfide) groups is 1. The molecule has 0 bridgehead atoms. The number of piperidine rings is 1. The highest BCUT2D eigenvalue weighted by Crippen LogP contribution is 2.21. The molecule has 1 aromatic heterocycles. The molecule has 1 aliphatic heterocycles. The van der Waals surface area contributed by atoms with E-state index in [1.807, 2.05) is 4.90 Å². The number of tetrazole rings is 1. The van der Waals surface area contributed by atoms with Crippen LogP contribution in [-0.2, 0) is 4.79 Å². The molecule has 1 aromatic carbocycles. The van der Waals surface area contributed by atoms with Crippen molar-refractivity contribution >= 4 is 17.7 Å². The summed E-state index contributed by atoms with van der Waals surface area (Å²) >= 11 is 1.27. The number of rotatable bonds is 4. The van der Waals surface area contributed by atoms with E-state index < -0.39 is 0 Å². The lowest BCUT2D eigenvalue weighted by molar-refractivity contribution is -0.130. The first-order valence-corrected chi connectivity index (χ1v) is 8.57. The van der Waals surface area contributed by atoms with Gasteiger partial charge < -0.3 is 4.90 Å². The second-order valence-electron chi connectivity index (χ2n) is 5.73. The van der Waals surface area contributed by atoms with Crippen molar-refractivity contribution in [2.24, 2.45) is 5.92 Å². The molecule has 1 atom stereocenters. The highest BCUT2D eigenvalue weighted by atomic mass is 32.2. The minimum atomic E-state index is -0.354. The van der Waals surface area contributed by atoms with E-state index in [0.717, 1.165) is 19.5 Å². The quantitative estimate of drug-likeness (QED) is 0.801. The Balaban J connectivity index is 1.65. The predicted molar refractivity (Wildman–Crippen MR) is 84.8 cm³/mol. The van der Waals surface area contributed by atoms with Crippen LogP contribution >= 0.6 is 11.8 Å². The number of amides is 1. The Morgan fingerprint density at radius 3 is 3.13 bits per heavy atom. The molecule has 122 valence electrons. The predicted octanol–water partition coefficient (Wildman–Crippen LogP) is 2.15. The molecule has 0 radical (unpaired) electrons. The van der Waals surface area contributed by atoms with Gasteiger partial charge in [-0.15, -0.1) is 5.10 Å². The maximum atomic E-state index is 13.3. The number of nitrogens with zero attached hydrogens (tertiary/aromatic N) is 5. The van der Waals surface area contributed by atoms with Crippen molar-refractivity contribution < 1.29 is 9.18 Å². The van der Waals surface area contributed by atoms with Crippen LogP contribution < -0.4 is 0 Å². The summed E-state index contributed by atoms with van der Waals surface area (Å²) in [6.07, 6.45) is 2.23. The van der Waals surface area contributed by atoms with E-state index in [-0.39, 0.29) is 17.5 Å². The Morgan fingerprint density at radius 2 is 2.35 bits per heavy atom. The van der Waals surface area contributed by atoms with Crippen LogP contribution in [0.2, 0.25) is 0 Å². The van der Waals surface area contributed by atoms with E-state index in [1.165, 1.54) is 35.0 Å². The number of hydrogen-bond donors (Lipinski definition) is 0. The fourth-order valence-electron chi connectivity index (χ4n) is 2.67. The molecule has 2 heterocycles. The highest BCUT2D eigenvalue weighted by molar-refractivity contribution is 7.99. The molecule has 3 rings (SSSR count). The number of likely N-dealkylation sites (tertiary alicyclic amines) is 1. The van der Waals surface area contributed by atoms with Gasteiger partial charge in [0, 0.05) is 13.1 Å². The maximum Gasteiger partial charge on any atom is 0.233 e. The zero-order chi connectivity index (χ0) is 16.2. The third kappa shape index (κ3) is 3.87. The molecule has 0 N–H and O–H groups in total. The summed E-state index contributed by atoms with van der Waals surface area (Å²) in [4.78, 5) is 14.2. The van der Waals surface area contributed by atoms with E-state index in [4.69, 9.17) is 0 Å². The van der Waals surface area contributed by atoms with Crippen LogP contribution in [0.25, 0.3) is 5.69 Å². The lowest BCUT2D eigenvalue weighted by Gasteiger charge is -2.30. The molecule has 0 spiro atoms. The summed E-state index contributed by atoms with van der Waals surface area (Å²) in [6, 6.07) is 6.04. The molecule has 1 saturated heterocycles. The molecule has 1 aliphatic rings. The molecule has 0 saturated carbocycles. The maximum absolute atomic E-state index is 13.3. The average molecular weight is 335 g/mol. The monoisotopic (exact) mass is 335 g/mol. The molecular weight excluding hydrogens is 317 g/mol. The van der Waals surface area contributed by atoms with Crippen LogP contribution in [0, 0.1) is 11.7 Å².